The maximum Gasteiger partial charge on any atom is 0.244 e. The van der Waals surface area contributed by atoms with Crippen molar-refractivity contribution in [3.63, 3.8) is 0 Å². The maximum absolute atomic E-state index is 14.2. The Kier molecular flexibility index (Phi) is 10.6. The number of nitrogens with zero attached hydrogens (tertiary/aromatic N) is 2. The van der Waals surface area contributed by atoms with Crippen molar-refractivity contribution in [1.82, 2.24) is 10.2 Å². The molecule has 1 unspecified atom stereocenters. The van der Waals surface area contributed by atoms with E-state index in [2.05, 4.69) is 5.32 Å². The van der Waals surface area contributed by atoms with E-state index in [0.29, 0.717) is 10.7 Å². The van der Waals surface area contributed by atoms with Crippen molar-refractivity contribution < 1.29 is 18.0 Å². The fourth-order valence-electron chi connectivity index (χ4n) is 4.59. The minimum atomic E-state index is -3.85. The third kappa shape index (κ3) is 9.33. The Balaban J connectivity index is 2.11. The third-order valence-electron chi connectivity index (χ3n) is 6.54. The van der Waals surface area contributed by atoms with Gasteiger partial charge in [0.05, 0.1) is 11.9 Å². The van der Waals surface area contributed by atoms with Crippen molar-refractivity contribution in [2.75, 3.05) is 17.1 Å². The number of halogens is 1. The van der Waals surface area contributed by atoms with Crippen LogP contribution in [0.4, 0.5) is 5.69 Å². The van der Waals surface area contributed by atoms with Crippen LogP contribution in [0.15, 0.2) is 78.9 Å². The lowest BCUT2D eigenvalue weighted by Crippen LogP contribution is -2.56. The summed E-state index contributed by atoms with van der Waals surface area (Å²) in [5, 5.41) is 3.57. The van der Waals surface area contributed by atoms with Gasteiger partial charge in [0, 0.05) is 23.5 Å². The van der Waals surface area contributed by atoms with Crippen LogP contribution >= 0.6 is 11.6 Å². The van der Waals surface area contributed by atoms with E-state index in [1.165, 1.54) is 4.90 Å². The summed E-state index contributed by atoms with van der Waals surface area (Å²) < 4.78 is 27.3. The molecule has 0 saturated carbocycles. The summed E-state index contributed by atoms with van der Waals surface area (Å²) in [6.07, 6.45) is 1.35. The molecule has 0 aliphatic rings. The molecule has 0 aromatic heterocycles. The van der Waals surface area contributed by atoms with Crippen LogP contribution in [0, 0.1) is 0 Å². The van der Waals surface area contributed by atoms with Crippen LogP contribution in [0.1, 0.15) is 57.2 Å². The Bertz CT molecular complexity index is 1440. The normalized spacial score (nSPS) is 12.6. The average Bonchev–Trinajstić information content (AvgIpc) is 2.89. The zero-order valence-electron chi connectivity index (χ0n) is 24.6. The van der Waals surface area contributed by atoms with E-state index in [0.717, 1.165) is 27.3 Å². The van der Waals surface area contributed by atoms with Gasteiger partial charge in [-0.3, -0.25) is 13.9 Å². The molecule has 0 fully saturated rings. The first-order chi connectivity index (χ1) is 19.2. The molecule has 1 atom stereocenters. The Labute approximate surface area is 249 Å². The molecule has 2 amide bonds. The van der Waals surface area contributed by atoms with Gasteiger partial charge in [0.25, 0.3) is 0 Å². The van der Waals surface area contributed by atoms with Crippen molar-refractivity contribution in [1.29, 1.82) is 0 Å². The number of hydrogen-bond acceptors (Lipinski definition) is 4. The summed E-state index contributed by atoms with van der Waals surface area (Å²) >= 11 is 6.11. The number of hydrogen-bond donors (Lipinski definition) is 1. The van der Waals surface area contributed by atoms with Crippen LogP contribution in [0.3, 0.4) is 0 Å². The highest BCUT2D eigenvalue weighted by Crippen LogP contribution is 2.29. The minimum Gasteiger partial charge on any atom is -0.350 e. The van der Waals surface area contributed by atoms with Gasteiger partial charge in [0.15, 0.2) is 0 Å². The monoisotopic (exact) mass is 597 g/mol. The smallest absolute Gasteiger partial charge is 0.244 e. The van der Waals surface area contributed by atoms with Gasteiger partial charge in [-0.1, -0.05) is 86.1 Å². The van der Waals surface area contributed by atoms with Gasteiger partial charge in [-0.05, 0) is 61.6 Å². The van der Waals surface area contributed by atoms with E-state index in [1.54, 1.807) is 36.4 Å². The van der Waals surface area contributed by atoms with Gasteiger partial charge in [0.2, 0.25) is 21.8 Å². The molecule has 41 heavy (non-hydrogen) atoms. The largest absolute Gasteiger partial charge is 0.350 e. The second-order valence-electron chi connectivity index (χ2n) is 11.6. The zero-order valence-corrected chi connectivity index (χ0v) is 26.2. The highest BCUT2D eigenvalue weighted by atomic mass is 35.5. The molecule has 0 radical (unpaired) electrons. The van der Waals surface area contributed by atoms with Crippen molar-refractivity contribution in [3.8, 4) is 0 Å². The van der Waals surface area contributed by atoms with Gasteiger partial charge in [-0.2, -0.15) is 0 Å². The van der Waals surface area contributed by atoms with Gasteiger partial charge in [0.1, 0.15) is 12.6 Å². The molecule has 0 saturated heterocycles. The molecule has 0 heterocycles. The molecule has 0 bridgehead atoms. The van der Waals surface area contributed by atoms with E-state index >= 15 is 0 Å². The fourth-order valence-corrected chi connectivity index (χ4v) is 5.59. The average molecular weight is 598 g/mol. The second kappa shape index (κ2) is 13.5. The number of amides is 2. The number of carbonyl (C=O) groups excluding carboxylic acids is 2. The van der Waals surface area contributed by atoms with Crippen molar-refractivity contribution in [2.24, 2.45) is 0 Å². The van der Waals surface area contributed by atoms with Crippen molar-refractivity contribution >= 4 is 39.1 Å². The first-order valence-corrected chi connectivity index (χ1v) is 15.8. The van der Waals surface area contributed by atoms with Crippen molar-refractivity contribution in [3.05, 3.63) is 101 Å². The second-order valence-corrected chi connectivity index (χ2v) is 13.9. The summed E-state index contributed by atoms with van der Waals surface area (Å²) in [5.41, 5.74) is 2.35. The van der Waals surface area contributed by atoms with E-state index < -0.39 is 34.1 Å². The Morgan fingerprint density at radius 3 is 2.02 bits per heavy atom. The standard InChI is InChI=1S/C32H40ClN3O4S/c1-23(2)27-14-10-11-15-28(27)36(41(6,39)40)22-30(37)35(21-25-16-18-26(33)19-17-25)29(31(38)34-32(3,4)5)20-24-12-8-7-9-13-24/h7-19,23,29H,20-22H2,1-6H3,(H,34,38). The van der Waals surface area contributed by atoms with Crippen molar-refractivity contribution in [2.45, 2.75) is 65.1 Å². The van der Waals surface area contributed by atoms with Crippen LogP contribution in [-0.4, -0.2) is 49.5 Å². The van der Waals surface area contributed by atoms with Crippen LogP contribution in [0.2, 0.25) is 5.02 Å². The fraction of sp³-hybridized carbons (Fsp3) is 0.375. The van der Waals surface area contributed by atoms with Gasteiger partial charge < -0.3 is 10.2 Å². The van der Waals surface area contributed by atoms with Crippen LogP contribution in [0.25, 0.3) is 0 Å². The molecular weight excluding hydrogens is 558 g/mol. The van der Waals surface area contributed by atoms with Gasteiger partial charge in [-0.25, -0.2) is 8.42 Å². The summed E-state index contributed by atoms with van der Waals surface area (Å²) in [7, 11) is -3.85. The van der Waals surface area contributed by atoms with Gasteiger partial charge in [-0.15, -0.1) is 0 Å². The Morgan fingerprint density at radius 1 is 0.878 bits per heavy atom. The Hall–Kier alpha value is -3.36. The van der Waals surface area contributed by atoms with Crippen LogP contribution in [-0.2, 0) is 32.6 Å². The number of para-hydroxylation sites is 1. The number of nitrogens with one attached hydrogen (secondary N) is 1. The first kappa shape index (κ1) is 32.2. The number of anilines is 1. The van der Waals surface area contributed by atoms with E-state index in [-0.39, 0.29) is 24.8 Å². The molecule has 3 aromatic carbocycles. The molecule has 3 rings (SSSR count). The highest BCUT2D eigenvalue weighted by molar-refractivity contribution is 7.92. The quantitative estimate of drug-likeness (QED) is 0.303. The number of rotatable bonds is 11. The van der Waals surface area contributed by atoms with E-state index in [1.807, 2.05) is 77.1 Å². The predicted molar refractivity (Wildman–Crippen MR) is 167 cm³/mol. The van der Waals surface area contributed by atoms with E-state index in [9.17, 15) is 18.0 Å². The van der Waals surface area contributed by atoms with E-state index in [4.69, 9.17) is 11.6 Å². The summed E-state index contributed by atoms with van der Waals surface area (Å²) in [5.74, 6) is -0.787. The predicted octanol–water partition coefficient (Wildman–Crippen LogP) is 5.78. The molecule has 7 nitrogen and oxygen atoms in total. The SMILES string of the molecule is CC(C)c1ccccc1N(CC(=O)N(Cc1ccc(Cl)cc1)C(Cc1ccccc1)C(=O)NC(C)(C)C)S(C)(=O)=O. The highest BCUT2D eigenvalue weighted by Gasteiger charge is 2.34. The third-order valence-corrected chi connectivity index (χ3v) is 7.92. The molecule has 3 aromatic rings. The molecule has 0 aliphatic heterocycles. The summed E-state index contributed by atoms with van der Waals surface area (Å²) in [4.78, 5) is 29.5. The topological polar surface area (TPSA) is 86.8 Å². The molecule has 0 spiro atoms. The van der Waals surface area contributed by atoms with Crippen LogP contribution in [0.5, 0.6) is 0 Å². The summed E-state index contributed by atoms with van der Waals surface area (Å²) in [6, 6.07) is 22.8. The number of sulfonamides is 1. The molecule has 9 heteroatoms. The minimum absolute atomic E-state index is 0.0270. The lowest BCUT2D eigenvalue weighted by atomic mass is 10.00. The Morgan fingerprint density at radius 2 is 1.46 bits per heavy atom. The lowest BCUT2D eigenvalue weighted by Gasteiger charge is -2.35. The zero-order chi connectivity index (χ0) is 30.4. The molecule has 1 N–H and O–H groups in total. The number of carbonyl (C=O) groups is 2. The number of benzene rings is 3. The van der Waals surface area contributed by atoms with Gasteiger partial charge >= 0.3 is 0 Å². The van der Waals surface area contributed by atoms with Crippen LogP contribution < -0.4 is 9.62 Å². The molecule has 0 aliphatic carbocycles. The lowest BCUT2D eigenvalue weighted by molar-refractivity contribution is -0.140. The summed E-state index contributed by atoms with van der Waals surface area (Å²) in [6.45, 7) is 9.22. The maximum atomic E-state index is 14.2. The molecular formula is C32H40ClN3O4S. The first-order valence-electron chi connectivity index (χ1n) is 13.6. The molecule has 220 valence electrons.